The van der Waals surface area contributed by atoms with E-state index < -0.39 is 0 Å². The normalized spacial score (nSPS) is 43.5. The minimum absolute atomic E-state index is 0.144. The Hall–Kier alpha value is -1.64. The molecule has 3 nitrogen and oxygen atoms in total. The van der Waals surface area contributed by atoms with Gasteiger partial charge in [0.25, 0.3) is 0 Å². The summed E-state index contributed by atoms with van der Waals surface area (Å²) in [4.78, 5) is 28.3. The maximum Gasteiger partial charge on any atom is 0.182 e. The maximum atomic E-state index is 13.2. The van der Waals surface area contributed by atoms with E-state index in [0.29, 0.717) is 23.4 Å². The van der Waals surface area contributed by atoms with Gasteiger partial charge in [0.15, 0.2) is 11.6 Å². The molecule has 144 valence electrons. The molecule has 4 aliphatic carbocycles. The molecule has 0 radical (unpaired) electrons. The van der Waals surface area contributed by atoms with Crippen molar-refractivity contribution in [3.05, 3.63) is 35.7 Å². The first-order valence-electron chi connectivity index (χ1n) is 10.8. The van der Waals surface area contributed by atoms with Gasteiger partial charge < -0.3 is 4.98 Å². The predicted molar refractivity (Wildman–Crippen MR) is 105 cm³/mol. The molecule has 1 aromatic rings. The highest BCUT2D eigenvalue weighted by molar-refractivity contribution is 5.97. The van der Waals surface area contributed by atoms with Gasteiger partial charge >= 0.3 is 0 Å². The highest BCUT2D eigenvalue weighted by Crippen LogP contribution is 2.66. The summed E-state index contributed by atoms with van der Waals surface area (Å²) in [7, 11) is 0. The van der Waals surface area contributed by atoms with Crippen LogP contribution in [-0.2, 0) is 4.79 Å². The third kappa shape index (κ3) is 2.39. The molecule has 0 unspecified atom stereocenters. The van der Waals surface area contributed by atoms with Gasteiger partial charge in [-0.1, -0.05) is 19.4 Å². The van der Waals surface area contributed by atoms with Crippen LogP contribution >= 0.6 is 0 Å². The predicted octanol–water partition coefficient (Wildman–Crippen LogP) is 5.35. The summed E-state index contributed by atoms with van der Waals surface area (Å²) >= 11 is 0. The van der Waals surface area contributed by atoms with E-state index in [2.05, 4.69) is 18.8 Å². The third-order valence-corrected chi connectivity index (χ3v) is 9.14. The Kier molecular flexibility index (Phi) is 3.83. The number of hydrogen-bond donors (Lipinski definition) is 1. The lowest BCUT2D eigenvalue weighted by Gasteiger charge is -2.58. The maximum absolute atomic E-state index is 13.2. The molecule has 3 fully saturated rings. The molecule has 1 N–H and O–H groups in total. The number of fused-ring (bicyclic) bond motifs is 5. The first-order chi connectivity index (χ1) is 12.9. The summed E-state index contributed by atoms with van der Waals surface area (Å²) in [5, 5.41) is 0. The van der Waals surface area contributed by atoms with Crippen molar-refractivity contribution in [3.63, 3.8) is 0 Å². The van der Waals surface area contributed by atoms with Crippen molar-refractivity contribution in [2.45, 2.75) is 65.2 Å². The van der Waals surface area contributed by atoms with Gasteiger partial charge in [-0.25, -0.2) is 0 Å². The monoisotopic (exact) mass is 365 g/mol. The lowest BCUT2D eigenvalue weighted by atomic mass is 9.46. The van der Waals surface area contributed by atoms with Gasteiger partial charge in [-0.05, 0) is 91.7 Å². The number of hydrogen-bond acceptors (Lipinski definition) is 2. The number of carbonyl (C=O) groups is 2. The first-order valence-corrected chi connectivity index (χ1v) is 10.8. The van der Waals surface area contributed by atoms with Crippen LogP contribution < -0.4 is 0 Å². The van der Waals surface area contributed by atoms with Crippen molar-refractivity contribution < 1.29 is 9.59 Å². The Labute approximate surface area is 162 Å². The minimum atomic E-state index is 0.144. The van der Waals surface area contributed by atoms with Crippen LogP contribution in [0.1, 0.15) is 75.7 Å². The Morgan fingerprint density at radius 2 is 1.93 bits per heavy atom. The molecule has 3 saturated carbocycles. The van der Waals surface area contributed by atoms with Crippen LogP contribution in [0.4, 0.5) is 0 Å². The van der Waals surface area contributed by atoms with E-state index in [0.717, 1.165) is 43.7 Å². The number of nitrogens with one attached hydrogen (secondary N) is 1. The number of Topliss-reactive ketones (excluding diaryl/α,β-unsaturated/α-hetero) is 1. The molecule has 4 aliphatic rings. The highest BCUT2D eigenvalue weighted by Gasteiger charge is 2.60. The fourth-order valence-electron chi connectivity index (χ4n) is 7.66. The summed E-state index contributed by atoms with van der Waals surface area (Å²) in [6.45, 7) is 4.84. The summed E-state index contributed by atoms with van der Waals surface area (Å²) in [6, 6.07) is 3.86. The van der Waals surface area contributed by atoms with Gasteiger partial charge in [-0.2, -0.15) is 0 Å². The molecular formula is C24H31NO2. The number of H-pyrrole nitrogens is 1. The second-order valence-corrected chi connectivity index (χ2v) is 10.1. The van der Waals surface area contributed by atoms with Crippen LogP contribution in [0.25, 0.3) is 0 Å². The smallest absolute Gasteiger partial charge is 0.182 e. The van der Waals surface area contributed by atoms with Crippen molar-refractivity contribution >= 4 is 11.6 Å². The van der Waals surface area contributed by atoms with E-state index in [4.69, 9.17) is 0 Å². The van der Waals surface area contributed by atoms with Gasteiger partial charge in [0, 0.05) is 18.5 Å². The molecule has 0 aromatic carbocycles. The van der Waals surface area contributed by atoms with Gasteiger partial charge in [0.2, 0.25) is 0 Å². The van der Waals surface area contributed by atoms with E-state index in [1.165, 1.54) is 24.8 Å². The highest BCUT2D eigenvalue weighted by atomic mass is 16.1. The van der Waals surface area contributed by atoms with Gasteiger partial charge in [0.1, 0.15) is 0 Å². The molecule has 5 rings (SSSR count). The molecule has 0 spiro atoms. The second-order valence-electron chi connectivity index (χ2n) is 10.1. The van der Waals surface area contributed by atoms with Crippen LogP contribution in [0.5, 0.6) is 0 Å². The van der Waals surface area contributed by atoms with E-state index in [1.54, 1.807) is 0 Å². The zero-order chi connectivity index (χ0) is 18.8. The third-order valence-electron chi connectivity index (χ3n) is 9.14. The zero-order valence-corrected chi connectivity index (χ0v) is 16.6. The topological polar surface area (TPSA) is 49.9 Å². The molecule has 6 atom stereocenters. The van der Waals surface area contributed by atoms with Crippen LogP contribution in [0, 0.1) is 34.5 Å². The van der Waals surface area contributed by atoms with E-state index in [-0.39, 0.29) is 16.7 Å². The molecule has 3 heteroatoms. The average molecular weight is 366 g/mol. The van der Waals surface area contributed by atoms with Crippen molar-refractivity contribution in [1.82, 2.24) is 4.98 Å². The van der Waals surface area contributed by atoms with Crippen LogP contribution in [0.3, 0.4) is 0 Å². The lowest BCUT2D eigenvalue weighted by molar-refractivity contribution is -0.117. The standard InChI is InChI=1S/C24H31NO2/c1-23-11-9-16(26)14-15(23)5-6-17-18-7-8-20(22(27)21-4-3-13-25-21)24(18,2)12-10-19(17)23/h3-4,13-14,17-20,25H,5-12H2,1-2H3/t17-,18-,19-,20+,23-,24-/m0/s1. The Bertz CT molecular complexity index is 806. The van der Waals surface area contributed by atoms with Crippen LogP contribution in [0.2, 0.25) is 0 Å². The summed E-state index contributed by atoms with van der Waals surface area (Å²) < 4.78 is 0. The summed E-state index contributed by atoms with van der Waals surface area (Å²) in [6.07, 6.45) is 12.5. The Morgan fingerprint density at radius 3 is 2.70 bits per heavy atom. The number of aromatic nitrogens is 1. The summed E-state index contributed by atoms with van der Waals surface area (Å²) in [5.41, 5.74) is 2.58. The molecule has 0 aliphatic heterocycles. The Balaban J connectivity index is 1.44. The minimum Gasteiger partial charge on any atom is -0.359 e. The van der Waals surface area contributed by atoms with Crippen molar-refractivity contribution in [3.8, 4) is 0 Å². The van der Waals surface area contributed by atoms with Gasteiger partial charge in [-0.3, -0.25) is 9.59 Å². The molecule has 0 amide bonds. The quantitative estimate of drug-likeness (QED) is 0.719. The number of rotatable bonds is 2. The van der Waals surface area contributed by atoms with Crippen molar-refractivity contribution in [2.24, 2.45) is 34.5 Å². The zero-order valence-electron chi connectivity index (χ0n) is 16.6. The van der Waals surface area contributed by atoms with Gasteiger partial charge in [-0.15, -0.1) is 0 Å². The molecular weight excluding hydrogens is 334 g/mol. The first kappa shape index (κ1) is 17.5. The number of allylic oxidation sites excluding steroid dienone is 1. The largest absolute Gasteiger partial charge is 0.359 e. The van der Waals surface area contributed by atoms with Crippen molar-refractivity contribution in [1.29, 1.82) is 0 Å². The SMILES string of the molecule is C[C@]12CC[C@H]3[C@@H](CCC4=CC(=O)CC[C@@]43C)[C@@H]1CC[C@@H]2C(=O)c1ccc[nH]1. The number of aromatic amines is 1. The Morgan fingerprint density at radius 1 is 1.07 bits per heavy atom. The molecule has 0 bridgehead atoms. The van der Waals surface area contributed by atoms with E-state index >= 15 is 0 Å². The second kappa shape index (κ2) is 5.93. The lowest BCUT2D eigenvalue weighted by Crippen LogP contribution is -2.51. The summed E-state index contributed by atoms with van der Waals surface area (Å²) in [5.74, 6) is 2.91. The van der Waals surface area contributed by atoms with Crippen LogP contribution in [-0.4, -0.2) is 16.6 Å². The van der Waals surface area contributed by atoms with Crippen LogP contribution in [0.15, 0.2) is 30.0 Å². The van der Waals surface area contributed by atoms with Gasteiger partial charge in [0.05, 0.1) is 5.69 Å². The van der Waals surface area contributed by atoms with E-state index in [1.807, 2.05) is 24.4 Å². The molecule has 1 aromatic heterocycles. The molecule has 1 heterocycles. The van der Waals surface area contributed by atoms with E-state index in [9.17, 15) is 9.59 Å². The number of ketones is 2. The fourth-order valence-corrected chi connectivity index (χ4v) is 7.66. The van der Waals surface area contributed by atoms with Crippen molar-refractivity contribution in [2.75, 3.05) is 0 Å². The fraction of sp³-hybridized carbons (Fsp3) is 0.667. The molecule has 27 heavy (non-hydrogen) atoms. The average Bonchev–Trinajstić information content (AvgIpc) is 3.29. The number of carbonyl (C=O) groups excluding carboxylic acids is 2. The molecule has 0 saturated heterocycles.